The van der Waals surface area contributed by atoms with E-state index in [0.29, 0.717) is 11.6 Å². The van der Waals surface area contributed by atoms with Crippen molar-refractivity contribution in [1.29, 1.82) is 0 Å². The van der Waals surface area contributed by atoms with Crippen molar-refractivity contribution in [2.75, 3.05) is 0 Å². The summed E-state index contributed by atoms with van der Waals surface area (Å²) in [7, 11) is 0. The van der Waals surface area contributed by atoms with Gasteiger partial charge in [-0.05, 0) is 5.56 Å². The van der Waals surface area contributed by atoms with Crippen LogP contribution in [0.2, 0.25) is 11.6 Å². The van der Waals surface area contributed by atoms with Gasteiger partial charge in [-0.25, -0.2) is 0 Å². The van der Waals surface area contributed by atoms with Gasteiger partial charge < -0.3 is 9.88 Å². The van der Waals surface area contributed by atoms with Crippen LogP contribution in [0.25, 0.3) is 0 Å². The van der Waals surface area contributed by atoms with Gasteiger partial charge in [0.2, 0.25) is 0 Å². The number of hydrogen-bond donors (Lipinski definition) is 1. The summed E-state index contributed by atoms with van der Waals surface area (Å²) in [6, 6.07) is 10.3. The van der Waals surface area contributed by atoms with Gasteiger partial charge in [0.25, 0.3) is 0 Å². The van der Waals surface area contributed by atoms with Crippen LogP contribution < -0.4 is 5.23 Å². The molecule has 0 aliphatic carbocycles. The first-order valence-electron chi connectivity index (χ1n) is 8.57. The molecule has 21 heavy (non-hydrogen) atoms. The van der Waals surface area contributed by atoms with Crippen molar-refractivity contribution in [3.63, 3.8) is 0 Å². The van der Waals surface area contributed by atoms with E-state index >= 15 is 0 Å². The van der Waals surface area contributed by atoms with Crippen molar-refractivity contribution in [3.05, 3.63) is 35.9 Å². The molecule has 2 bridgehead atoms. The summed E-state index contributed by atoms with van der Waals surface area (Å²) < 4.78 is 6.11. The molecule has 3 heterocycles. The molecular weight excluding hydrogens is 261 g/mol. The van der Waals surface area contributed by atoms with E-state index < -0.39 is 6.48 Å². The molecule has 0 unspecified atom stereocenters. The van der Waals surface area contributed by atoms with Crippen LogP contribution in [-0.4, -0.2) is 18.5 Å². The Labute approximate surface area is 126 Å². The average molecular weight is 285 g/mol. The highest BCUT2D eigenvalue weighted by molar-refractivity contribution is 6.71. The molecule has 3 fully saturated rings. The van der Waals surface area contributed by atoms with E-state index in [1.165, 1.54) is 44.1 Å². The second kappa shape index (κ2) is 5.17. The topological polar surface area (TPSA) is 42.9 Å². The Bertz CT molecular complexity index is 511. The zero-order chi connectivity index (χ0) is 14.3. The molecule has 3 aliphatic rings. The summed E-state index contributed by atoms with van der Waals surface area (Å²) >= 11 is 0. The van der Waals surface area contributed by atoms with Crippen molar-refractivity contribution in [1.82, 2.24) is 0 Å². The molecule has 1 spiro atoms. The van der Waals surface area contributed by atoms with Gasteiger partial charge in [0.1, 0.15) is 6.04 Å². The maximum atomic E-state index is 12.4. The maximum Gasteiger partial charge on any atom is 0.389 e. The molecule has 4 heteroatoms. The summed E-state index contributed by atoms with van der Waals surface area (Å²) in [4.78, 5) is 12.4. The van der Waals surface area contributed by atoms with Gasteiger partial charge in [0, 0.05) is 6.42 Å². The van der Waals surface area contributed by atoms with Crippen LogP contribution in [0.4, 0.5) is 0 Å². The van der Waals surface area contributed by atoms with Crippen molar-refractivity contribution in [2.45, 2.75) is 62.6 Å². The molecule has 112 valence electrons. The zero-order valence-electron chi connectivity index (χ0n) is 12.5. The predicted molar refractivity (Wildman–Crippen MR) is 82.9 cm³/mol. The molecule has 0 radical (unpaired) electrons. The number of benzene rings is 1. The van der Waals surface area contributed by atoms with Crippen molar-refractivity contribution >= 4 is 12.5 Å². The molecule has 2 N–H and O–H groups in total. The van der Waals surface area contributed by atoms with Crippen LogP contribution in [0.3, 0.4) is 0 Å². The van der Waals surface area contributed by atoms with Crippen LogP contribution in [-0.2, 0) is 15.9 Å². The second-order valence-corrected chi connectivity index (χ2v) is 7.29. The van der Waals surface area contributed by atoms with Crippen LogP contribution in [0.1, 0.15) is 44.1 Å². The SMILES string of the molecule is O=C1O[B-]2([NH2+][C@H]1Cc1ccccc1)C1CCCC2CCC1. The highest BCUT2D eigenvalue weighted by Gasteiger charge is 2.59. The highest BCUT2D eigenvalue weighted by Crippen LogP contribution is 2.51. The number of quaternary nitrogens is 1. The molecular formula is C17H24BNO2. The maximum absolute atomic E-state index is 12.4. The van der Waals surface area contributed by atoms with Crippen LogP contribution in [0.15, 0.2) is 30.3 Å². The lowest BCUT2D eigenvalue weighted by molar-refractivity contribution is -0.559. The molecule has 4 rings (SSSR count). The highest BCUT2D eigenvalue weighted by atomic mass is 16.5. The van der Waals surface area contributed by atoms with Gasteiger partial charge in [-0.3, -0.25) is 4.79 Å². The van der Waals surface area contributed by atoms with Crippen molar-refractivity contribution < 1.29 is 14.7 Å². The molecule has 1 aromatic rings. The third-order valence-corrected chi connectivity index (χ3v) is 6.23. The zero-order valence-corrected chi connectivity index (χ0v) is 12.5. The smallest absolute Gasteiger partial charge is 0.389 e. The lowest BCUT2D eigenvalue weighted by atomic mass is 9.28. The minimum absolute atomic E-state index is 0.0198. The lowest BCUT2D eigenvalue weighted by Gasteiger charge is -2.50. The average Bonchev–Trinajstić information content (AvgIpc) is 2.76. The fraction of sp³-hybridized carbons (Fsp3) is 0.588. The number of carbonyl (C=O) groups excluding carboxylic acids is 1. The van der Waals surface area contributed by atoms with E-state index in [9.17, 15) is 4.79 Å². The van der Waals surface area contributed by atoms with Crippen LogP contribution in [0.5, 0.6) is 0 Å². The Hall–Kier alpha value is -1.29. The van der Waals surface area contributed by atoms with Crippen molar-refractivity contribution in [3.8, 4) is 0 Å². The first kappa shape index (κ1) is 13.4. The number of hydrogen-bond acceptors (Lipinski definition) is 2. The Morgan fingerprint density at radius 1 is 1.05 bits per heavy atom. The van der Waals surface area contributed by atoms with Crippen LogP contribution >= 0.6 is 0 Å². The molecule has 0 aromatic heterocycles. The second-order valence-electron chi connectivity index (χ2n) is 7.29. The lowest BCUT2D eigenvalue weighted by Crippen LogP contribution is -3.04. The monoisotopic (exact) mass is 285 g/mol. The molecule has 1 aromatic carbocycles. The standard InChI is InChI=1S/C17H24BNO2/c20-17-16(12-13-6-2-1-3-7-13)19-18(21-17)14-8-4-9-15(18)11-5-10-14/h1-3,6-7,14-16H,4-5,8-12,19H2/t14?,15?,16-,18?/m0/s1. The summed E-state index contributed by atoms with van der Waals surface area (Å²) in [5.41, 5.74) is 1.24. The predicted octanol–water partition coefficient (Wildman–Crippen LogP) is 2.27. The van der Waals surface area contributed by atoms with Gasteiger partial charge in [-0.1, -0.05) is 80.5 Å². The minimum atomic E-state index is -0.982. The van der Waals surface area contributed by atoms with Gasteiger partial charge in [0.05, 0.1) is 0 Å². The molecule has 1 atom stereocenters. The van der Waals surface area contributed by atoms with E-state index in [0.717, 1.165) is 6.42 Å². The largest absolute Gasteiger partial charge is 0.634 e. The molecule has 0 saturated carbocycles. The van der Waals surface area contributed by atoms with Gasteiger partial charge in [0.15, 0.2) is 0 Å². The first-order chi connectivity index (χ1) is 10.3. The Balaban J connectivity index is 1.56. The fourth-order valence-corrected chi connectivity index (χ4v) is 5.30. The van der Waals surface area contributed by atoms with E-state index in [-0.39, 0.29) is 12.0 Å². The molecule has 3 saturated heterocycles. The first-order valence-corrected chi connectivity index (χ1v) is 8.57. The van der Waals surface area contributed by atoms with Gasteiger partial charge in [-0.15, -0.1) is 0 Å². The quantitative estimate of drug-likeness (QED) is 0.847. The van der Waals surface area contributed by atoms with Gasteiger partial charge in [-0.2, -0.15) is 0 Å². The summed E-state index contributed by atoms with van der Waals surface area (Å²) in [6.45, 7) is -0.982. The Morgan fingerprint density at radius 2 is 1.67 bits per heavy atom. The molecule has 0 amide bonds. The van der Waals surface area contributed by atoms with Crippen molar-refractivity contribution in [2.24, 2.45) is 0 Å². The van der Waals surface area contributed by atoms with Crippen LogP contribution in [0, 0.1) is 0 Å². The normalized spacial score (nSPS) is 38.5. The molecule has 3 aliphatic heterocycles. The van der Waals surface area contributed by atoms with E-state index in [1.54, 1.807) is 0 Å². The number of nitrogens with two attached hydrogens (primary N) is 1. The summed E-state index contributed by atoms with van der Waals surface area (Å²) in [5.74, 6) is 1.32. The number of rotatable bonds is 2. The molecule has 3 nitrogen and oxygen atoms in total. The van der Waals surface area contributed by atoms with E-state index in [1.807, 2.05) is 18.2 Å². The van der Waals surface area contributed by atoms with Gasteiger partial charge >= 0.3 is 12.5 Å². The Morgan fingerprint density at radius 3 is 2.29 bits per heavy atom. The summed E-state index contributed by atoms with van der Waals surface area (Å²) in [6.07, 6.45) is 8.51. The minimum Gasteiger partial charge on any atom is -0.634 e. The Kier molecular flexibility index (Phi) is 3.29. The fourth-order valence-electron chi connectivity index (χ4n) is 5.30. The third kappa shape index (κ3) is 2.20. The third-order valence-electron chi connectivity index (χ3n) is 6.23. The van der Waals surface area contributed by atoms with E-state index in [4.69, 9.17) is 4.65 Å². The summed E-state index contributed by atoms with van der Waals surface area (Å²) in [5, 5.41) is 2.36. The van der Waals surface area contributed by atoms with E-state index in [2.05, 4.69) is 17.4 Å². The number of carbonyl (C=O) groups is 1.